The molecule has 1 aromatic carbocycles. The van der Waals surface area contributed by atoms with Crippen LogP contribution in [0.3, 0.4) is 0 Å². The summed E-state index contributed by atoms with van der Waals surface area (Å²) in [6.07, 6.45) is 1.42. The number of benzene rings is 1. The summed E-state index contributed by atoms with van der Waals surface area (Å²) in [4.78, 5) is 24.3. The topological polar surface area (TPSA) is 37.4 Å². The third kappa shape index (κ3) is 1.06. The van der Waals surface area contributed by atoms with Gasteiger partial charge >= 0.3 is 0 Å². The van der Waals surface area contributed by atoms with E-state index in [-0.39, 0.29) is 11.8 Å². The van der Waals surface area contributed by atoms with Gasteiger partial charge in [-0.2, -0.15) is 0 Å². The van der Waals surface area contributed by atoms with Crippen molar-refractivity contribution in [2.24, 2.45) is 0 Å². The van der Waals surface area contributed by atoms with Crippen molar-refractivity contribution in [1.29, 1.82) is 0 Å². The third-order valence-electron chi connectivity index (χ3n) is 2.08. The summed E-state index contributed by atoms with van der Waals surface area (Å²) < 4.78 is 0. The predicted octanol–water partition coefficient (Wildman–Crippen LogP) is 1.63. The molecule has 1 aliphatic rings. The average molecular weight is 188 g/mol. The van der Waals surface area contributed by atoms with E-state index in [9.17, 15) is 9.59 Å². The molecule has 0 spiro atoms. The fourth-order valence-electron chi connectivity index (χ4n) is 1.45. The summed E-state index contributed by atoms with van der Waals surface area (Å²) in [6.45, 7) is 4.83. The maximum absolute atomic E-state index is 11.6. The number of nitrogens with zero attached hydrogens (tertiary/aromatic N) is 1. The first kappa shape index (κ1) is 8.69. The normalized spacial score (nSPS) is 14.4. The molecule has 3 nitrogen and oxygen atoms in total. The number of amides is 2. The number of carbonyl (C=O) groups is 2. The van der Waals surface area contributed by atoms with Gasteiger partial charge in [0, 0.05) is 0 Å². The van der Waals surface area contributed by atoms with Gasteiger partial charge in [0.25, 0.3) is 11.8 Å². The molecule has 0 saturated carbocycles. The Kier molecular flexibility index (Phi) is 1.93. The second kappa shape index (κ2) is 3.10. The molecule has 0 unspecified atom stereocenters. The SMILES string of the molecule is C=C[CH]N1C(=O)c2ccccc2[14C]1=O. The molecular weight excluding hydrogens is 180 g/mol. The zero-order valence-electron chi connectivity index (χ0n) is 7.43. The molecular formula is C11H8NO2. The van der Waals surface area contributed by atoms with Crippen molar-refractivity contribution in [3.63, 3.8) is 0 Å². The number of carbonyl (C=O) groups excluding carboxylic acids is 2. The van der Waals surface area contributed by atoms with Crippen molar-refractivity contribution in [2.45, 2.75) is 0 Å². The fourth-order valence-corrected chi connectivity index (χ4v) is 1.45. The van der Waals surface area contributed by atoms with Crippen LogP contribution in [0.1, 0.15) is 20.7 Å². The van der Waals surface area contributed by atoms with Crippen LogP contribution in [-0.2, 0) is 0 Å². The van der Waals surface area contributed by atoms with Crippen LogP contribution in [-0.4, -0.2) is 16.7 Å². The van der Waals surface area contributed by atoms with Crippen LogP contribution < -0.4 is 0 Å². The Morgan fingerprint density at radius 1 is 1.36 bits per heavy atom. The summed E-state index contributed by atoms with van der Waals surface area (Å²) in [5.41, 5.74) is 0.909. The van der Waals surface area contributed by atoms with E-state index < -0.39 is 0 Å². The lowest BCUT2D eigenvalue weighted by atomic mass is 10.2. The average Bonchev–Trinajstić information content (AvgIpc) is 2.45. The highest BCUT2D eigenvalue weighted by Gasteiger charge is 2.34. The van der Waals surface area contributed by atoms with Gasteiger partial charge in [-0.3, -0.25) is 14.5 Å². The first-order chi connectivity index (χ1) is 6.75. The summed E-state index contributed by atoms with van der Waals surface area (Å²) >= 11 is 0. The molecule has 1 aromatic rings. The monoisotopic (exact) mass is 188 g/mol. The van der Waals surface area contributed by atoms with Crippen LogP contribution in [0.2, 0.25) is 0 Å². The minimum atomic E-state index is -0.287. The van der Waals surface area contributed by atoms with Crippen LogP contribution >= 0.6 is 0 Å². The quantitative estimate of drug-likeness (QED) is 0.661. The maximum atomic E-state index is 11.6. The molecule has 0 saturated heterocycles. The minimum absolute atomic E-state index is 0.287. The third-order valence-corrected chi connectivity index (χ3v) is 2.08. The van der Waals surface area contributed by atoms with Crippen LogP contribution in [0.25, 0.3) is 0 Å². The van der Waals surface area contributed by atoms with E-state index in [0.717, 1.165) is 4.90 Å². The molecule has 0 atom stereocenters. The Bertz CT molecular complexity index is 388. The molecule has 0 N–H and O–H groups in total. The maximum Gasteiger partial charge on any atom is 0.262 e. The smallest absolute Gasteiger partial charge is 0.262 e. The van der Waals surface area contributed by atoms with E-state index in [1.54, 1.807) is 24.3 Å². The Morgan fingerprint density at radius 3 is 2.71 bits per heavy atom. The van der Waals surface area contributed by atoms with Gasteiger partial charge in [-0.25, -0.2) is 0 Å². The second-order valence-electron chi connectivity index (χ2n) is 2.91. The number of imide groups is 1. The van der Waals surface area contributed by atoms with Gasteiger partial charge in [0.15, 0.2) is 0 Å². The van der Waals surface area contributed by atoms with Crippen LogP contribution in [0, 0.1) is 6.54 Å². The van der Waals surface area contributed by atoms with Crippen molar-refractivity contribution in [3.05, 3.63) is 54.6 Å². The summed E-state index contributed by atoms with van der Waals surface area (Å²) in [7, 11) is 0. The lowest BCUT2D eigenvalue weighted by Gasteiger charge is -2.08. The second-order valence-corrected chi connectivity index (χ2v) is 2.91. The van der Waals surface area contributed by atoms with Crippen molar-refractivity contribution in [2.75, 3.05) is 0 Å². The van der Waals surface area contributed by atoms with Crippen LogP contribution in [0.15, 0.2) is 36.9 Å². The highest BCUT2D eigenvalue weighted by atomic mass is 16.3. The standard InChI is InChI=1S/C11H8NO2/c1-2-7-12-10(13)8-5-3-4-6-9(8)11(12)14/h2-7H,1H2/i10+2. The summed E-state index contributed by atoms with van der Waals surface area (Å²) in [5.74, 6) is -0.573. The van der Waals surface area contributed by atoms with Gasteiger partial charge in [0.1, 0.15) is 0 Å². The number of hydrogen-bond acceptors (Lipinski definition) is 2. The Hall–Kier alpha value is -1.90. The molecule has 2 rings (SSSR count). The van der Waals surface area contributed by atoms with Gasteiger partial charge in [-0.15, -0.1) is 6.58 Å². The molecule has 1 heterocycles. The highest BCUT2D eigenvalue weighted by molar-refractivity contribution is 6.21. The van der Waals surface area contributed by atoms with E-state index in [1.807, 2.05) is 0 Å². The Labute approximate surface area is 81.6 Å². The van der Waals surface area contributed by atoms with Gasteiger partial charge < -0.3 is 0 Å². The molecule has 0 aliphatic carbocycles. The molecule has 69 valence electrons. The number of fused-ring (bicyclic) bond motifs is 1. The molecule has 1 aliphatic heterocycles. The first-order valence-electron chi connectivity index (χ1n) is 4.18. The summed E-state index contributed by atoms with van der Waals surface area (Å²) in [5, 5.41) is 0. The van der Waals surface area contributed by atoms with Crippen LogP contribution in [0.4, 0.5) is 0 Å². The minimum Gasteiger partial charge on any atom is -0.269 e. The lowest BCUT2D eigenvalue weighted by molar-refractivity contribution is 0.0704. The van der Waals surface area contributed by atoms with Crippen molar-refractivity contribution >= 4 is 11.8 Å². The number of hydrogen-bond donors (Lipinski definition) is 0. The van der Waals surface area contributed by atoms with Crippen LogP contribution in [0.5, 0.6) is 0 Å². The van der Waals surface area contributed by atoms with E-state index in [0.29, 0.717) is 11.1 Å². The molecule has 14 heavy (non-hydrogen) atoms. The zero-order valence-corrected chi connectivity index (χ0v) is 7.43. The van der Waals surface area contributed by atoms with E-state index in [2.05, 4.69) is 6.58 Å². The molecule has 2 amide bonds. The molecule has 1 radical (unpaired) electrons. The Balaban J connectivity index is 2.48. The van der Waals surface area contributed by atoms with E-state index in [4.69, 9.17) is 0 Å². The largest absolute Gasteiger partial charge is 0.269 e. The Morgan fingerprint density at radius 2 is 2.07 bits per heavy atom. The fraction of sp³-hybridized carbons (Fsp3) is 0. The molecule has 0 fully saturated rings. The van der Waals surface area contributed by atoms with Crippen molar-refractivity contribution < 1.29 is 9.59 Å². The zero-order chi connectivity index (χ0) is 10.1. The molecule has 0 aromatic heterocycles. The van der Waals surface area contributed by atoms with E-state index in [1.165, 1.54) is 12.6 Å². The predicted molar refractivity (Wildman–Crippen MR) is 51.4 cm³/mol. The van der Waals surface area contributed by atoms with Gasteiger partial charge in [-0.1, -0.05) is 18.2 Å². The molecule has 3 heteroatoms. The van der Waals surface area contributed by atoms with Gasteiger partial charge in [-0.05, 0) is 12.1 Å². The number of rotatable bonds is 2. The van der Waals surface area contributed by atoms with Gasteiger partial charge in [0.05, 0.1) is 17.7 Å². The molecule has 0 bridgehead atoms. The highest BCUT2D eigenvalue weighted by Crippen LogP contribution is 2.23. The van der Waals surface area contributed by atoms with Gasteiger partial charge in [0.2, 0.25) is 0 Å². The van der Waals surface area contributed by atoms with E-state index >= 15 is 0 Å². The van der Waals surface area contributed by atoms with Crippen molar-refractivity contribution in [3.8, 4) is 0 Å². The van der Waals surface area contributed by atoms with Crippen molar-refractivity contribution in [1.82, 2.24) is 4.90 Å². The lowest BCUT2D eigenvalue weighted by Crippen LogP contribution is -2.25. The summed E-state index contributed by atoms with van der Waals surface area (Å²) in [6, 6.07) is 6.77. The first-order valence-corrected chi connectivity index (χ1v) is 4.18.